The second-order valence-electron chi connectivity index (χ2n) is 4.78. The van der Waals surface area contributed by atoms with Crippen molar-refractivity contribution >= 4 is 38.9 Å². The van der Waals surface area contributed by atoms with Crippen molar-refractivity contribution in [2.45, 2.75) is 30.7 Å². The van der Waals surface area contributed by atoms with E-state index < -0.39 is 15.6 Å². The Hall–Kier alpha value is -0.530. The smallest absolute Gasteiger partial charge is 0.244 e. The molecule has 0 radical (unpaired) electrons. The summed E-state index contributed by atoms with van der Waals surface area (Å²) in [6.07, 6.45) is 0.260. The number of rotatable bonds is 5. The molecule has 4 N–H and O–H groups in total. The van der Waals surface area contributed by atoms with Crippen molar-refractivity contribution in [3.05, 3.63) is 22.2 Å². The van der Waals surface area contributed by atoms with Crippen molar-refractivity contribution in [2.75, 3.05) is 12.3 Å². The van der Waals surface area contributed by atoms with Crippen LogP contribution >= 0.6 is 23.2 Å². The lowest BCUT2D eigenvalue weighted by molar-refractivity contribution is 0.246. The molecule has 0 fully saturated rings. The largest absolute Gasteiger partial charge is 0.399 e. The zero-order valence-corrected chi connectivity index (χ0v) is 12.9. The molecule has 0 aliphatic rings. The zero-order chi connectivity index (χ0) is 14.8. The molecule has 1 aromatic rings. The van der Waals surface area contributed by atoms with Crippen LogP contribution < -0.4 is 10.5 Å². The fourth-order valence-corrected chi connectivity index (χ4v) is 4.26. The zero-order valence-electron chi connectivity index (χ0n) is 10.6. The number of nitrogens with two attached hydrogens (primary N) is 1. The molecule has 19 heavy (non-hydrogen) atoms. The third-order valence-electron chi connectivity index (χ3n) is 2.44. The molecule has 0 saturated heterocycles. The molecule has 0 heterocycles. The van der Waals surface area contributed by atoms with E-state index in [0.29, 0.717) is 0 Å². The first kappa shape index (κ1) is 16.5. The van der Waals surface area contributed by atoms with E-state index in [-0.39, 0.29) is 33.7 Å². The van der Waals surface area contributed by atoms with Crippen molar-refractivity contribution in [1.29, 1.82) is 0 Å². The van der Waals surface area contributed by atoms with Gasteiger partial charge in [-0.25, -0.2) is 13.1 Å². The molecule has 0 saturated carbocycles. The lowest BCUT2D eigenvalue weighted by Crippen LogP contribution is -2.44. The van der Waals surface area contributed by atoms with Gasteiger partial charge in [-0.15, -0.1) is 0 Å². The van der Waals surface area contributed by atoms with E-state index >= 15 is 0 Å². The number of halogens is 2. The Labute approximate surface area is 122 Å². The molecular weight excluding hydrogens is 311 g/mol. The number of benzene rings is 1. The molecule has 5 nitrogen and oxygen atoms in total. The number of aliphatic hydroxyl groups excluding tert-OH is 1. The molecule has 0 bridgehead atoms. The maximum Gasteiger partial charge on any atom is 0.244 e. The van der Waals surface area contributed by atoms with Gasteiger partial charge in [0.05, 0.1) is 10.0 Å². The quantitative estimate of drug-likeness (QED) is 0.721. The lowest BCUT2D eigenvalue weighted by atomic mass is 10.0. The van der Waals surface area contributed by atoms with Crippen LogP contribution in [0, 0.1) is 0 Å². The second-order valence-corrected chi connectivity index (χ2v) is 7.21. The molecule has 0 atom stereocenters. The Balaban J connectivity index is 3.22. The highest BCUT2D eigenvalue weighted by atomic mass is 35.5. The van der Waals surface area contributed by atoms with Gasteiger partial charge < -0.3 is 10.8 Å². The number of sulfonamides is 1. The van der Waals surface area contributed by atoms with Crippen LogP contribution in [0.2, 0.25) is 10.0 Å². The Bertz CT molecular complexity index is 550. The SMILES string of the molecule is CC(C)(CCO)NS(=O)(=O)c1c(Cl)cc(N)cc1Cl. The normalized spacial score (nSPS) is 12.7. The number of hydrogen-bond acceptors (Lipinski definition) is 4. The van der Waals surface area contributed by atoms with Gasteiger partial charge in [0.15, 0.2) is 0 Å². The highest BCUT2D eigenvalue weighted by molar-refractivity contribution is 7.89. The summed E-state index contributed by atoms with van der Waals surface area (Å²) >= 11 is 11.8. The number of anilines is 1. The molecule has 0 aromatic heterocycles. The maximum absolute atomic E-state index is 12.3. The third kappa shape index (κ3) is 4.22. The van der Waals surface area contributed by atoms with Gasteiger partial charge in [-0.05, 0) is 32.4 Å². The van der Waals surface area contributed by atoms with E-state index in [1.807, 2.05) is 0 Å². The van der Waals surface area contributed by atoms with E-state index in [2.05, 4.69) is 4.72 Å². The average molecular weight is 327 g/mol. The molecule has 8 heteroatoms. The standard InChI is InChI=1S/C11H16Cl2N2O3S/c1-11(2,3-4-16)15-19(17,18)10-8(12)5-7(14)6-9(10)13/h5-6,15-16H,3-4,14H2,1-2H3. The van der Waals surface area contributed by atoms with Crippen molar-refractivity contribution in [1.82, 2.24) is 4.72 Å². The second kappa shape index (κ2) is 5.85. The first-order chi connectivity index (χ1) is 8.59. The molecule has 1 aromatic carbocycles. The summed E-state index contributed by atoms with van der Waals surface area (Å²) in [6.45, 7) is 3.17. The molecule has 1 rings (SSSR count). The fourth-order valence-electron chi connectivity index (χ4n) is 1.58. The van der Waals surface area contributed by atoms with E-state index in [4.69, 9.17) is 34.0 Å². The molecule has 0 unspecified atom stereocenters. The fraction of sp³-hybridized carbons (Fsp3) is 0.455. The first-order valence-corrected chi connectivity index (χ1v) is 7.72. The average Bonchev–Trinajstić information content (AvgIpc) is 2.11. The summed E-state index contributed by atoms with van der Waals surface area (Å²) in [4.78, 5) is -0.212. The molecule has 0 amide bonds. The van der Waals surface area contributed by atoms with E-state index in [9.17, 15) is 8.42 Å². The van der Waals surface area contributed by atoms with Crippen LogP contribution in [0.4, 0.5) is 5.69 Å². The third-order valence-corrected chi connectivity index (χ3v) is 5.06. The van der Waals surface area contributed by atoms with Crippen LogP contribution in [0.15, 0.2) is 17.0 Å². The van der Waals surface area contributed by atoms with Gasteiger partial charge in [0, 0.05) is 17.8 Å². The Morgan fingerprint density at radius 2 is 1.79 bits per heavy atom. The van der Waals surface area contributed by atoms with Gasteiger partial charge >= 0.3 is 0 Å². The number of nitrogen functional groups attached to an aromatic ring is 1. The Kier molecular flexibility index (Phi) is 5.08. The van der Waals surface area contributed by atoms with Crippen molar-refractivity contribution < 1.29 is 13.5 Å². The van der Waals surface area contributed by atoms with Gasteiger partial charge in [0.1, 0.15) is 4.90 Å². The Morgan fingerprint density at radius 1 is 1.32 bits per heavy atom. The summed E-state index contributed by atoms with van der Waals surface area (Å²) in [5.74, 6) is 0. The summed E-state index contributed by atoms with van der Waals surface area (Å²) in [5, 5.41) is 8.82. The predicted molar refractivity (Wildman–Crippen MR) is 77.0 cm³/mol. The molecule has 108 valence electrons. The van der Waals surface area contributed by atoms with E-state index in [1.165, 1.54) is 12.1 Å². The highest BCUT2D eigenvalue weighted by Crippen LogP contribution is 2.32. The van der Waals surface area contributed by atoms with Crippen LogP contribution in [0.5, 0.6) is 0 Å². The molecule has 0 spiro atoms. The minimum atomic E-state index is -3.90. The summed E-state index contributed by atoms with van der Waals surface area (Å²) in [5.41, 5.74) is 4.99. The lowest BCUT2D eigenvalue weighted by Gasteiger charge is -2.25. The molecule has 0 aliphatic carbocycles. The Morgan fingerprint density at radius 3 is 2.21 bits per heavy atom. The van der Waals surface area contributed by atoms with Crippen molar-refractivity contribution in [2.24, 2.45) is 0 Å². The van der Waals surface area contributed by atoms with Crippen molar-refractivity contribution in [3.63, 3.8) is 0 Å². The van der Waals surface area contributed by atoms with E-state index in [0.717, 1.165) is 0 Å². The topological polar surface area (TPSA) is 92.4 Å². The van der Waals surface area contributed by atoms with Gasteiger partial charge in [0.25, 0.3) is 0 Å². The maximum atomic E-state index is 12.3. The summed E-state index contributed by atoms with van der Waals surface area (Å²) < 4.78 is 27.0. The van der Waals surface area contributed by atoms with Crippen LogP contribution in [0.1, 0.15) is 20.3 Å². The minimum Gasteiger partial charge on any atom is -0.399 e. The number of nitrogens with one attached hydrogen (secondary N) is 1. The minimum absolute atomic E-state index is 0.0442. The summed E-state index contributed by atoms with van der Waals surface area (Å²) in [6, 6.07) is 2.64. The first-order valence-electron chi connectivity index (χ1n) is 5.48. The highest BCUT2D eigenvalue weighted by Gasteiger charge is 2.29. The van der Waals surface area contributed by atoms with Crippen LogP contribution in [-0.4, -0.2) is 25.7 Å². The monoisotopic (exact) mass is 326 g/mol. The number of aliphatic hydroxyl groups is 1. The molecule has 0 aliphatic heterocycles. The van der Waals surface area contributed by atoms with Gasteiger partial charge in [-0.2, -0.15) is 0 Å². The molecular formula is C11H16Cl2N2O3S. The van der Waals surface area contributed by atoms with Gasteiger partial charge in [-0.3, -0.25) is 0 Å². The van der Waals surface area contributed by atoms with Crippen LogP contribution in [0.3, 0.4) is 0 Å². The predicted octanol–water partition coefficient (Wildman–Crippen LogP) is 2.01. The summed E-state index contributed by atoms with van der Waals surface area (Å²) in [7, 11) is -3.90. The van der Waals surface area contributed by atoms with E-state index in [1.54, 1.807) is 13.8 Å². The van der Waals surface area contributed by atoms with Gasteiger partial charge in [-0.1, -0.05) is 23.2 Å². The van der Waals surface area contributed by atoms with Crippen molar-refractivity contribution in [3.8, 4) is 0 Å². The number of hydrogen-bond donors (Lipinski definition) is 3. The van der Waals surface area contributed by atoms with Crippen LogP contribution in [0.25, 0.3) is 0 Å². The van der Waals surface area contributed by atoms with Crippen LogP contribution in [-0.2, 0) is 10.0 Å². The van der Waals surface area contributed by atoms with Gasteiger partial charge in [0.2, 0.25) is 10.0 Å².